The minimum absolute atomic E-state index is 0.249. The van der Waals surface area contributed by atoms with Crippen LogP contribution in [0.2, 0.25) is 0 Å². The van der Waals surface area contributed by atoms with E-state index in [-0.39, 0.29) is 5.76 Å². The molecule has 0 saturated heterocycles. The summed E-state index contributed by atoms with van der Waals surface area (Å²) in [5, 5.41) is 6.27. The molecule has 0 saturated carbocycles. The van der Waals surface area contributed by atoms with Crippen LogP contribution in [0.3, 0.4) is 0 Å². The zero-order chi connectivity index (χ0) is 13.0. The van der Waals surface area contributed by atoms with E-state index in [4.69, 9.17) is 4.42 Å². The number of hydrogen-bond donors (Lipinski definition) is 1. The van der Waals surface area contributed by atoms with Crippen LogP contribution in [0.5, 0.6) is 0 Å². The van der Waals surface area contributed by atoms with Crippen molar-refractivity contribution >= 4 is 17.3 Å². The highest BCUT2D eigenvalue weighted by Gasteiger charge is 2.15. The van der Waals surface area contributed by atoms with E-state index in [0.29, 0.717) is 13.1 Å². The van der Waals surface area contributed by atoms with Crippen LogP contribution in [0, 0.1) is 6.92 Å². The summed E-state index contributed by atoms with van der Waals surface area (Å²) in [5.41, 5.74) is 1.79. The molecule has 2 aromatic heterocycles. The van der Waals surface area contributed by atoms with Crippen molar-refractivity contribution in [3.8, 4) is 0 Å². The van der Waals surface area contributed by atoms with Crippen molar-refractivity contribution in [2.45, 2.75) is 20.0 Å². The predicted octanol–water partition coefficient (Wildman–Crippen LogP) is 2.12. The van der Waals surface area contributed by atoms with Gasteiger partial charge in [-0.3, -0.25) is 0 Å². The summed E-state index contributed by atoms with van der Waals surface area (Å²) < 4.78 is 9.73. The number of nitrogens with one attached hydrogen (secondary N) is 1. The van der Waals surface area contributed by atoms with Crippen molar-refractivity contribution < 1.29 is 13.9 Å². The summed E-state index contributed by atoms with van der Waals surface area (Å²) >= 11 is 1.62. The van der Waals surface area contributed by atoms with Crippen LogP contribution >= 0.6 is 11.3 Å². The molecule has 0 unspecified atom stereocenters. The number of furan rings is 1. The van der Waals surface area contributed by atoms with E-state index in [0.717, 1.165) is 16.3 Å². The molecule has 18 heavy (non-hydrogen) atoms. The van der Waals surface area contributed by atoms with Gasteiger partial charge in [-0.25, -0.2) is 9.78 Å². The number of esters is 1. The first-order valence-electron chi connectivity index (χ1n) is 5.47. The van der Waals surface area contributed by atoms with E-state index in [1.807, 2.05) is 12.3 Å². The maximum Gasteiger partial charge on any atom is 0.374 e. The summed E-state index contributed by atoms with van der Waals surface area (Å²) in [6.45, 7) is 3.17. The predicted molar refractivity (Wildman–Crippen MR) is 67.4 cm³/mol. The lowest BCUT2D eigenvalue weighted by molar-refractivity contribution is 0.0563. The number of hydrogen-bond acceptors (Lipinski definition) is 6. The maximum atomic E-state index is 11.4. The molecule has 2 aromatic rings. The Morgan fingerprint density at radius 1 is 1.56 bits per heavy atom. The lowest BCUT2D eigenvalue weighted by Gasteiger charge is -2.02. The molecule has 0 bridgehead atoms. The van der Waals surface area contributed by atoms with E-state index >= 15 is 0 Å². The quantitative estimate of drug-likeness (QED) is 0.840. The van der Waals surface area contributed by atoms with Crippen LogP contribution in [0.15, 0.2) is 22.1 Å². The van der Waals surface area contributed by atoms with Crippen LogP contribution in [0.1, 0.15) is 26.8 Å². The summed E-state index contributed by atoms with van der Waals surface area (Å²) in [6.07, 6.45) is 1.48. The van der Waals surface area contributed by atoms with Gasteiger partial charge in [0.2, 0.25) is 5.76 Å². The van der Waals surface area contributed by atoms with Crippen molar-refractivity contribution in [1.29, 1.82) is 0 Å². The number of nitrogens with zero attached hydrogens (tertiary/aromatic N) is 1. The van der Waals surface area contributed by atoms with Gasteiger partial charge in [0.15, 0.2) is 0 Å². The lowest BCUT2D eigenvalue weighted by atomic mass is 10.2. The molecular weight excluding hydrogens is 252 g/mol. The standard InChI is InChI=1S/C12H14N2O3S/c1-8-14-10(7-18-8)6-13-5-9-3-4-17-11(9)12(15)16-2/h3-4,7,13H,5-6H2,1-2H3. The van der Waals surface area contributed by atoms with Gasteiger partial charge in [0.05, 0.1) is 24.1 Å². The number of carbonyl (C=O) groups excluding carboxylic acids is 1. The van der Waals surface area contributed by atoms with E-state index in [1.54, 1.807) is 17.4 Å². The highest BCUT2D eigenvalue weighted by atomic mass is 32.1. The first-order valence-corrected chi connectivity index (χ1v) is 6.35. The Morgan fingerprint density at radius 2 is 2.39 bits per heavy atom. The van der Waals surface area contributed by atoms with Gasteiger partial charge in [-0.2, -0.15) is 0 Å². The summed E-state index contributed by atoms with van der Waals surface area (Å²) in [5.74, 6) is -0.208. The summed E-state index contributed by atoms with van der Waals surface area (Å²) in [4.78, 5) is 15.7. The van der Waals surface area contributed by atoms with E-state index in [2.05, 4.69) is 15.0 Å². The Kier molecular flexibility index (Phi) is 4.11. The first kappa shape index (κ1) is 12.8. The molecule has 96 valence electrons. The minimum atomic E-state index is -0.457. The zero-order valence-electron chi connectivity index (χ0n) is 10.2. The monoisotopic (exact) mass is 266 g/mol. The Balaban J connectivity index is 1.90. The SMILES string of the molecule is COC(=O)c1occc1CNCc1csc(C)n1. The van der Waals surface area contributed by atoms with Crippen molar-refractivity contribution in [2.75, 3.05) is 7.11 Å². The minimum Gasteiger partial charge on any atom is -0.463 e. The average Bonchev–Trinajstić information content (AvgIpc) is 2.98. The molecule has 0 aromatic carbocycles. The Morgan fingerprint density at radius 3 is 3.06 bits per heavy atom. The topological polar surface area (TPSA) is 64.4 Å². The van der Waals surface area contributed by atoms with Crippen LogP contribution in [-0.2, 0) is 17.8 Å². The van der Waals surface area contributed by atoms with Crippen molar-refractivity contribution in [1.82, 2.24) is 10.3 Å². The zero-order valence-corrected chi connectivity index (χ0v) is 11.0. The van der Waals surface area contributed by atoms with Crippen molar-refractivity contribution in [3.05, 3.63) is 39.7 Å². The molecule has 0 atom stereocenters. The number of carbonyl (C=O) groups is 1. The smallest absolute Gasteiger partial charge is 0.374 e. The van der Waals surface area contributed by atoms with Crippen LogP contribution in [0.4, 0.5) is 0 Å². The fourth-order valence-electron chi connectivity index (χ4n) is 1.56. The van der Waals surface area contributed by atoms with Crippen LogP contribution in [-0.4, -0.2) is 18.1 Å². The Labute approximate surface area is 109 Å². The molecule has 0 amide bonds. The third kappa shape index (κ3) is 2.96. The Bertz CT molecular complexity index is 533. The van der Waals surface area contributed by atoms with Gasteiger partial charge in [0.25, 0.3) is 0 Å². The third-order valence-electron chi connectivity index (χ3n) is 2.41. The largest absolute Gasteiger partial charge is 0.463 e. The van der Waals surface area contributed by atoms with E-state index in [1.165, 1.54) is 13.4 Å². The van der Waals surface area contributed by atoms with Crippen molar-refractivity contribution in [2.24, 2.45) is 0 Å². The van der Waals surface area contributed by atoms with Gasteiger partial charge in [0, 0.05) is 24.0 Å². The van der Waals surface area contributed by atoms with Gasteiger partial charge >= 0.3 is 5.97 Å². The van der Waals surface area contributed by atoms with Gasteiger partial charge < -0.3 is 14.5 Å². The number of ether oxygens (including phenoxy) is 1. The number of aromatic nitrogens is 1. The molecular formula is C12H14N2O3S. The molecule has 0 aliphatic heterocycles. The molecule has 5 nitrogen and oxygen atoms in total. The third-order valence-corrected chi connectivity index (χ3v) is 3.23. The fraction of sp³-hybridized carbons (Fsp3) is 0.333. The second-order valence-electron chi connectivity index (χ2n) is 3.73. The normalized spacial score (nSPS) is 10.6. The van der Waals surface area contributed by atoms with Gasteiger partial charge in [-0.15, -0.1) is 11.3 Å². The fourth-order valence-corrected chi connectivity index (χ4v) is 2.17. The summed E-state index contributed by atoms with van der Waals surface area (Å²) in [6, 6.07) is 1.76. The van der Waals surface area contributed by atoms with Crippen molar-refractivity contribution in [3.63, 3.8) is 0 Å². The highest BCUT2D eigenvalue weighted by Crippen LogP contribution is 2.12. The molecule has 6 heteroatoms. The van der Waals surface area contributed by atoms with E-state index < -0.39 is 5.97 Å². The molecule has 0 radical (unpaired) electrons. The number of aryl methyl sites for hydroxylation is 1. The second-order valence-corrected chi connectivity index (χ2v) is 4.79. The molecule has 2 heterocycles. The van der Waals surface area contributed by atoms with Gasteiger partial charge in [-0.1, -0.05) is 0 Å². The maximum absolute atomic E-state index is 11.4. The number of methoxy groups -OCH3 is 1. The van der Waals surface area contributed by atoms with E-state index in [9.17, 15) is 4.79 Å². The highest BCUT2D eigenvalue weighted by molar-refractivity contribution is 7.09. The second kappa shape index (κ2) is 5.79. The average molecular weight is 266 g/mol. The molecule has 0 spiro atoms. The first-order chi connectivity index (χ1) is 8.70. The molecule has 0 fully saturated rings. The lowest BCUT2D eigenvalue weighted by Crippen LogP contribution is -2.15. The molecule has 2 rings (SSSR count). The van der Waals surface area contributed by atoms with Gasteiger partial charge in [0.1, 0.15) is 0 Å². The Hall–Kier alpha value is -1.66. The van der Waals surface area contributed by atoms with Gasteiger partial charge in [-0.05, 0) is 13.0 Å². The molecule has 0 aliphatic rings. The molecule has 1 N–H and O–H groups in total. The summed E-state index contributed by atoms with van der Waals surface area (Å²) in [7, 11) is 1.33. The number of rotatable bonds is 5. The van der Waals surface area contributed by atoms with Crippen LogP contribution < -0.4 is 5.32 Å². The number of thiazole rings is 1. The van der Waals surface area contributed by atoms with Crippen LogP contribution in [0.25, 0.3) is 0 Å². The molecule has 0 aliphatic carbocycles.